The van der Waals surface area contributed by atoms with Gasteiger partial charge in [0.15, 0.2) is 11.0 Å². The summed E-state index contributed by atoms with van der Waals surface area (Å²) in [7, 11) is 0. The standard InChI is InChI=1S/C20H20N6OS/c1-2-13-26-19(16-8-11-22-12-9-16)24-25-20(26)28-14-18(27)23-17-5-3-15(4-6-17)7-10-21/h3-6,8-9,11-12H,2,7,13-14H2,1H3,(H,23,27). The van der Waals surface area contributed by atoms with Crippen molar-refractivity contribution in [1.29, 1.82) is 5.26 Å². The number of nitrogens with one attached hydrogen (secondary N) is 1. The molecule has 0 spiro atoms. The lowest BCUT2D eigenvalue weighted by atomic mass is 10.1. The van der Waals surface area contributed by atoms with Crippen molar-refractivity contribution in [2.75, 3.05) is 11.1 Å². The first-order valence-electron chi connectivity index (χ1n) is 8.93. The number of carbonyl (C=O) groups excluding carboxylic acids is 1. The monoisotopic (exact) mass is 392 g/mol. The van der Waals surface area contributed by atoms with E-state index in [0.717, 1.165) is 29.9 Å². The minimum absolute atomic E-state index is 0.116. The minimum Gasteiger partial charge on any atom is -0.325 e. The Morgan fingerprint density at radius 1 is 1.18 bits per heavy atom. The third-order valence-corrected chi connectivity index (χ3v) is 4.92. The third kappa shape index (κ3) is 4.96. The molecule has 0 aliphatic rings. The van der Waals surface area contributed by atoms with Crippen LogP contribution in [0, 0.1) is 11.3 Å². The summed E-state index contributed by atoms with van der Waals surface area (Å²) in [6.07, 6.45) is 4.74. The number of nitriles is 1. The molecule has 142 valence electrons. The van der Waals surface area contributed by atoms with Crippen LogP contribution in [-0.4, -0.2) is 31.4 Å². The zero-order chi connectivity index (χ0) is 19.8. The summed E-state index contributed by atoms with van der Waals surface area (Å²) in [6.45, 7) is 2.86. The molecule has 0 bridgehead atoms. The van der Waals surface area contributed by atoms with Crippen LogP contribution in [-0.2, 0) is 17.8 Å². The lowest BCUT2D eigenvalue weighted by Crippen LogP contribution is -2.14. The van der Waals surface area contributed by atoms with Crippen LogP contribution in [0.15, 0.2) is 53.9 Å². The molecule has 0 atom stereocenters. The second-order valence-electron chi connectivity index (χ2n) is 6.06. The first kappa shape index (κ1) is 19.6. The Hall–Kier alpha value is -3.18. The van der Waals surface area contributed by atoms with Gasteiger partial charge in [-0.05, 0) is 36.2 Å². The van der Waals surface area contributed by atoms with Gasteiger partial charge in [0.2, 0.25) is 5.91 Å². The molecule has 0 aliphatic heterocycles. The number of pyridine rings is 1. The molecule has 2 aromatic heterocycles. The molecular formula is C20H20N6OS. The molecule has 8 heteroatoms. The fourth-order valence-electron chi connectivity index (χ4n) is 2.66. The summed E-state index contributed by atoms with van der Waals surface area (Å²) in [5, 5.41) is 20.9. The molecule has 0 aliphatic carbocycles. The van der Waals surface area contributed by atoms with Crippen LogP contribution < -0.4 is 5.32 Å². The van der Waals surface area contributed by atoms with Crippen molar-refractivity contribution in [3.05, 3.63) is 54.4 Å². The van der Waals surface area contributed by atoms with Gasteiger partial charge in [-0.2, -0.15) is 5.26 Å². The number of thioether (sulfide) groups is 1. The molecule has 0 unspecified atom stereocenters. The van der Waals surface area contributed by atoms with E-state index >= 15 is 0 Å². The van der Waals surface area contributed by atoms with E-state index in [2.05, 4.69) is 33.5 Å². The molecule has 3 rings (SSSR count). The highest BCUT2D eigenvalue weighted by molar-refractivity contribution is 7.99. The van der Waals surface area contributed by atoms with Crippen molar-refractivity contribution < 1.29 is 4.79 Å². The number of rotatable bonds is 8. The van der Waals surface area contributed by atoms with Gasteiger partial charge in [0.25, 0.3) is 0 Å². The predicted molar refractivity (Wildman–Crippen MR) is 109 cm³/mol. The molecule has 1 N–H and O–H groups in total. The molecule has 7 nitrogen and oxygen atoms in total. The van der Waals surface area contributed by atoms with E-state index in [9.17, 15) is 4.79 Å². The minimum atomic E-state index is -0.116. The maximum Gasteiger partial charge on any atom is 0.234 e. The predicted octanol–water partition coefficient (Wildman–Crippen LogP) is 3.55. The van der Waals surface area contributed by atoms with E-state index in [0.29, 0.717) is 17.3 Å². The van der Waals surface area contributed by atoms with Crippen LogP contribution in [0.2, 0.25) is 0 Å². The molecule has 0 fully saturated rings. The second kappa shape index (κ2) is 9.67. The van der Waals surface area contributed by atoms with Crippen LogP contribution in [0.4, 0.5) is 5.69 Å². The smallest absolute Gasteiger partial charge is 0.234 e. The van der Waals surface area contributed by atoms with Gasteiger partial charge in [0.1, 0.15) is 0 Å². The van der Waals surface area contributed by atoms with Crippen molar-refractivity contribution in [1.82, 2.24) is 19.7 Å². The third-order valence-electron chi connectivity index (χ3n) is 3.96. The Balaban J connectivity index is 1.64. The van der Waals surface area contributed by atoms with Gasteiger partial charge in [-0.25, -0.2) is 0 Å². The van der Waals surface area contributed by atoms with Gasteiger partial charge in [0, 0.05) is 30.2 Å². The first-order chi connectivity index (χ1) is 13.7. The van der Waals surface area contributed by atoms with Crippen molar-refractivity contribution >= 4 is 23.4 Å². The number of hydrogen-bond donors (Lipinski definition) is 1. The molecule has 0 saturated carbocycles. The summed E-state index contributed by atoms with van der Waals surface area (Å²) >= 11 is 1.36. The number of amides is 1. The van der Waals surface area contributed by atoms with Gasteiger partial charge in [-0.3, -0.25) is 9.78 Å². The Morgan fingerprint density at radius 2 is 1.93 bits per heavy atom. The number of nitrogens with zero attached hydrogens (tertiary/aromatic N) is 5. The Labute approximate surface area is 167 Å². The molecule has 28 heavy (non-hydrogen) atoms. The second-order valence-corrected chi connectivity index (χ2v) is 7.00. The van der Waals surface area contributed by atoms with E-state index in [4.69, 9.17) is 5.26 Å². The van der Waals surface area contributed by atoms with Crippen molar-refractivity contribution in [3.63, 3.8) is 0 Å². The SMILES string of the molecule is CCCn1c(SCC(=O)Nc2ccc(CC#N)cc2)nnc1-c1ccncc1. The zero-order valence-corrected chi connectivity index (χ0v) is 16.3. The summed E-state index contributed by atoms with van der Waals surface area (Å²) in [6, 6.07) is 13.2. The molecular weight excluding hydrogens is 372 g/mol. The van der Waals surface area contributed by atoms with Crippen LogP contribution >= 0.6 is 11.8 Å². The fourth-order valence-corrected chi connectivity index (χ4v) is 3.42. The number of anilines is 1. The molecule has 1 amide bonds. The van der Waals surface area contributed by atoms with Crippen LogP contribution in [0.3, 0.4) is 0 Å². The molecule has 0 radical (unpaired) electrons. The molecule has 1 aromatic carbocycles. The fraction of sp³-hybridized carbons (Fsp3) is 0.250. The summed E-state index contributed by atoms with van der Waals surface area (Å²) < 4.78 is 2.03. The molecule has 2 heterocycles. The van der Waals surface area contributed by atoms with Gasteiger partial charge < -0.3 is 9.88 Å². The zero-order valence-electron chi connectivity index (χ0n) is 15.5. The largest absolute Gasteiger partial charge is 0.325 e. The van der Waals surface area contributed by atoms with Gasteiger partial charge >= 0.3 is 0 Å². The van der Waals surface area contributed by atoms with E-state index < -0.39 is 0 Å². The van der Waals surface area contributed by atoms with Crippen molar-refractivity contribution in [3.8, 4) is 17.5 Å². The number of hydrogen-bond acceptors (Lipinski definition) is 6. The van der Waals surface area contributed by atoms with Gasteiger partial charge in [0.05, 0.1) is 18.2 Å². The number of aromatic nitrogens is 4. The van der Waals surface area contributed by atoms with Crippen molar-refractivity contribution in [2.24, 2.45) is 0 Å². The highest BCUT2D eigenvalue weighted by atomic mass is 32.2. The lowest BCUT2D eigenvalue weighted by molar-refractivity contribution is -0.113. The Morgan fingerprint density at radius 3 is 2.61 bits per heavy atom. The lowest BCUT2D eigenvalue weighted by Gasteiger charge is -2.09. The van der Waals surface area contributed by atoms with E-state index in [1.807, 2.05) is 28.8 Å². The first-order valence-corrected chi connectivity index (χ1v) is 9.92. The molecule has 3 aromatic rings. The maximum atomic E-state index is 12.3. The Kier molecular flexibility index (Phi) is 6.76. The topological polar surface area (TPSA) is 96.5 Å². The van der Waals surface area contributed by atoms with Crippen LogP contribution in [0.5, 0.6) is 0 Å². The average molecular weight is 392 g/mol. The highest BCUT2D eigenvalue weighted by Crippen LogP contribution is 2.24. The van der Waals surface area contributed by atoms with E-state index in [1.165, 1.54) is 11.8 Å². The highest BCUT2D eigenvalue weighted by Gasteiger charge is 2.15. The summed E-state index contributed by atoms with van der Waals surface area (Å²) in [5.74, 6) is 0.896. The normalized spacial score (nSPS) is 10.4. The average Bonchev–Trinajstić information content (AvgIpc) is 3.12. The van der Waals surface area contributed by atoms with Crippen molar-refractivity contribution in [2.45, 2.75) is 31.5 Å². The van der Waals surface area contributed by atoms with Crippen LogP contribution in [0.25, 0.3) is 11.4 Å². The van der Waals surface area contributed by atoms with E-state index in [-0.39, 0.29) is 11.7 Å². The number of benzene rings is 1. The Bertz CT molecular complexity index is 963. The van der Waals surface area contributed by atoms with Gasteiger partial charge in [-0.1, -0.05) is 30.8 Å². The number of carbonyl (C=O) groups is 1. The van der Waals surface area contributed by atoms with Gasteiger partial charge in [-0.15, -0.1) is 10.2 Å². The summed E-state index contributed by atoms with van der Waals surface area (Å²) in [5.41, 5.74) is 2.58. The maximum absolute atomic E-state index is 12.3. The molecule has 0 saturated heterocycles. The summed E-state index contributed by atoms with van der Waals surface area (Å²) in [4.78, 5) is 16.3. The van der Waals surface area contributed by atoms with Crippen LogP contribution in [0.1, 0.15) is 18.9 Å². The quantitative estimate of drug-likeness (QED) is 0.589. The van der Waals surface area contributed by atoms with E-state index in [1.54, 1.807) is 24.5 Å².